The van der Waals surface area contributed by atoms with E-state index in [0.717, 1.165) is 5.71 Å². The number of rotatable bonds is 2. The van der Waals surface area contributed by atoms with E-state index in [1.54, 1.807) is 0 Å². The first-order chi connectivity index (χ1) is 9.31. The number of nitrogens with zero attached hydrogens (tertiary/aromatic N) is 1. The zero-order chi connectivity index (χ0) is 13.2. The fourth-order valence-electron chi connectivity index (χ4n) is 2.76. The van der Waals surface area contributed by atoms with Crippen LogP contribution in [0.3, 0.4) is 0 Å². The number of hydrogen-bond acceptors (Lipinski definition) is 1. The summed E-state index contributed by atoms with van der Waals surface area (Å²) < 4.78 is 0. The van der Waals surface area contributed by atoms with Crippen LogP contribution in [0.15, 0.2) is 65.7 Å². The van der Waals surface area contributed by atoms with Crippen molar-refractivity contribution in [2.24, 2.45) is 10.9 Å². The third-order valence-electron chi connectivity index (χ3n) is 3.70. The molecule has 1 nitrogen and oxygen atoms in total. The lowest BCUT2D eigenvalue weighted by molar-refractivity contribution is 1.14. The van der Waals surface area contributed by atoms with Crippen LogP contribution in [0.1, 0.15) is 11.1 Å². The van der Waals surface area contributed by atoms with Crippen LogP contribution < -0.4 is 0 Å². The summed E-state index contributed by atoms with van der Waals surface area (Å²) in [6.45, 7) is 2.16. The summed E-state index contributed by atoms with van der Waals surface area (Å²) in [7, 11) is 1.89. The number of benzene rings is 2. The molecule has 0 bridgehead atoms. The van der Waals surface area contributed by atoms with E-state index in [2.05, 4.69) is 72.6 Å². The van der Waals surface area contributed by atoms with Crippen LogP contribution in [0, 0.1) is 12.8 Å². The van der Waals surface area contributed by atoms with Gasteiger partial charge < -0.3 is 0 Å². The second-order valence-corrected chi connectivity index (χ2v) is 4.88. The highest BCUT2D eigenvalue weighted by atomic mass is 14.7. The molecular weight excluding hydrogens is 230 g/mol. The molecule has 19 heavy (non-hydrogen) atoms. The monoisotopic (exact) mass is 247 g/mol. The first-order valence-electron chi connectivity index (χ1n) is 6.61. The number of aliphatic imine (C=N–C) groups is 1. The van der Waals surface area contributed by atoms with Crippen molar-refractivity contribution in [1.29, 1.82) is 0 Å². The Bertz CT molecular complexity index is 693. The molecule has 0 amide bonds. The van der Waals surface area contributed by atoms with Crippen LogP contribution in [0.2, 0.25) is 0 Å². The Labute approximate surface area is 114 Å². The molecule has 0 saturated carbocycles. The molecule has 0 radical (unpaired) electrons. The molecule has 0 saturated heterocycles. The lowest BCUT2D eigenvalue weighted by Crippen LogP contribution is -2.12. The fraction of sp³-hybridized carbons (Fsp3) is 0.167. The minimum atomic E-state index is 0.300. The molecule has 0 unspecified atom stereocenters. The molecule has 0 aromatic heterocycles. The lowest BCUT2D eigenvalue weighted by atomic mass is 9.90. The zero-order valence-corrected chi connectivity index (χ0v) is 11.3. The summed E-state index contributed by atoms with van der Waals surface area (Å²) >= 11 is 0. The van der Waals surface area contributed by atoms with Gasteiger partial charge in [-0.2, -0.15) is 0 Å². The van der Waals surface area contributed by atoms with E-state index in [-0.39, 0.29) is 0 Å². The Hall–Kier alpha value is -2.15. The molecule has 1 aliphatic carbocycles. The third kappa shape index (κ3) is 2.01. The molecule has 3 rings (SSSR count). The van der Waals surface area contributed by atoms with E-state index in [0.29, 0.717) is 5.92 Å². The summed E-state index contributed by atoms with van der Waals surface area (Å²) in [6, 6.07) is 12.9. The average molecular weight is 247 g/mol. The summed E-state index contributed by atoms with van der Waals surface area (Å²) in [4.78, 5) is 4.57. The molecule has 1 heteroatoms. The maximum atomic E-state index is 4.57. The van der Waals surface area contributed by atoms with Gasteiger partial charge in [0.05, 0.1) is 5.71 Å². The van der Waals surface area contributed by atoms with Crippen molar-refractivity contribution in [1.82, 2.24) is 0 Å². The molecule has 0 atom stereocenters. The number of fused-ring (bicyclic) bond motifs is 1. The maximum absolute atomic E-state index is 4.57. The Morgan fingerprint density at radius 1 is 1.00 bits per heavy atom. The van der Waals surface area contributed by atoms with Gasteiger partial charge in [0.15, 0.2) is 0 Å². The fourth-order valence-corrected chi connectivity index (χ4v) is 2.76. The maximum Gasteiger partial charge on any atom is 0.0532 e. The molecule has 94 valence electrons. The van der Waals surface area contributed by atoms with E-state index in [9.17, 15) is 0 Å². The molecule has 2 aromatic rings. The third-order valence-corrected chi connectivity index (χ3v) is 3.70. The van der Waals surface area contributed by atoms with Gasteiger partial charge in [0.2, 0.25) is 0 Å². The van der Waals surface area contributed by atoms with Gasteiger partial charge in [0.1, 0.15) is 0 Å². The second kappa shape index (κ2) is 4.85. The van der Waals surface area contributed by atoms with E-state index < -0.39 is 0 Å². The quantitative estimate of drug-likeness (QED) is 0.701. The Morgan fingerprint density at radius 2 is 1.74 bits per heavy atom. The van der Waals surface area contributed by atoms with Gasteiger partial charge in [-0.3, -0.25) is 4.99 Å². The number of allylic oxidation sites excluding steroid dienone is 4. The second-order valence-electron chi connectivity index (χ2n) is 4.88. The van der Waals surface area contributed by atoms with Gasteiger partial charge in [-0.15, -0.1) is 0 Å². The molecule has 0 N–H and O–H groups in total. The Balaban J connectivity index is 2.26. The summed E-state index contributed by atoms with van der Waals surface area (Å²) in [5.41, 5.74) is 3.72. The van der Waals surface area contributed by atoms with Crippen molar-refractivity contribution in [3.05, 3.63) is 71.8 Å². The van der Waals surface area contributed by atoms with Crippen molar-refractivity contribution in [2.45, 2.75) is 6.92 Å². The van der Waals surface area contributed by atoms with Gasteiger partial charge in [-0.1, -0.05) is 60.7 Å². The van der Waals surface area contributed by atoms with Gasteiger partial charge in [0.25, 0.3) is 0 Å². The molecule has 0 spiro atoms. The van der Waals surface area contributed by atoms with Crippen molar-refractivity contribution in [2.75, 3.05) is 7.05 Å². The molecule has 0 heterocycles. The van der Waals surface area contributed by atoms with Gasteiger partial charge in [0, 0.05) is 18.5 Å². The first kappa shape index (κ1) is 11.9. The highest BCUT2D eigenvalue weighted by Crippen LogP contribution is 2.27. The SMILES string of the molecule is CN=C(c1c(C)ccc2ccccc12)C1C=CC=C1. The number of aryl methyl sites for hydroxylation is 1. The van der Waals surface area contributed by atoms with Crippen molar-refractivity contribution in [3.63, 3.8) is 0 Å². The standard InChI is InChI=1S/C18H17N/c1-13-11-12-14-7-5-6-10-16(14)17(13)18(19-2)15-8-3-4-9-15/h3-12,15H,1-2H3. The number of hydrogen-bond donors (Lipinski definition) is 0. The normalized spacial score (nSPS) is 15.6. The van der Waals surface area contributed by atoms with Gasteiger partial charge in [-0.25, -0.2) is 0 Å². The van der Waals surface area contributed by atoms with Crippen LogP contribution in [0.25, 0.3) is 10.8 Å². The van der Waals surface area contributed by atoms with E-state index >= 15 is 0 Å². The highest BCUT2D eigenvalue weighted by Gasteiger charge is 2.17. The molecule has 0 aliphatic heterocycles. The van der Waals surface area contributed by atoms with Crippen molar-refractivity contribution >= 4 is 16.5 Å². The Kier molecular flexibility index (Phi) is 3.04. The smallest absolute Gasteiger partial charge is 0.0532 e. The topological polar surface area (TPSA) is 12.4 Å². The van der Waals surface area contributed by atoms with E-state index in [1.165, 1.54) is 21.9 Å². The van der Waals surface area contributed by atoms with Crippen LogP contribution >= 0.6 is 0 Å². The predicted molar refractivity (Wildman–Crippen MR) is 82.9 cm³/mol. The zero-order valence-electron chi connectivity index (χ0n) is 11.3. The molecule has 0 fully saturated rings. The predicted octanol–water partition coefficient (Wildman–Crippen LogP) is 4.31. The average Bonchev–Trinajstić information content (AvgIpc) is 2.96. The minimum Gasteiger partial charge on any atom is -0.291 e. The van der Waals surface area contributed by atoms with Crippen LogP contribution in [0.4, 0.5) is 0 Å². The lowest BCUT2D eigenvalue weighted by Gasteiger charge is -2.16. The summed E-state index contributed by atoms with van der Waals surface area (Å²) in [5, 5.41) is 2.56. The van der Waals surface area contributed by atoms with Crippen LogP contribution in [-0.4, -0.2) is 12.8 Å². The first-order valence-corrected chi connectivity index (χ1v) is 6.61. The molecular formula is C18H17N. The van der Waals surface area contributed by atoms with E-state index in [4.69, 9.17) is 0 Å². The van der Waals surface area contributed by atoms with Gasteiger partial charge >= 0.3 is 0 Å². The molecule has 2 aromatic carbocycles. The summed E-state index contributed by atoms with van der Waals surface area (Å²) in [5.74, 6) is 0.300. The summed E-state index contributed by atoms with van der Waals surface area (Å²) in [6.07, 6.45) is 8.58. The molecule has 1 aliphatic rings. The van der Waals surface area contributed by atoms with E-state index in [1.807, 2.05) is 7.05 Å². The van der Waals surface area contributed by atoms with Crippen LogP contribution in [-0.2, 0) is 0 Å². The van der Waals surface area contributed by atoms with Crippen LogP contribution in [0.5, 0.6) is 0 Å². The van der Waals surface area contributed by atoms with Crippen molar-refractivity contribution < 1.29 is 0 Å². The minimum absolute atomic E-state index is 0.300. The van der Waals surface area contributed by atoms with Crippen molar-refractivity contribution in [3.8, 4) is 0 Å². The van der Waals surface area contributed by atoms with Gasteiger partial charge in [-0.05, 0) is 23.3 Å². The highest BCUT2D eigenvalue weighted by molar-refractivity contribution is 6.14. The largest absolute Gasteiger partial charge is 0.291 e. The Morgan fingerprint density at radius 3 is 2.47 bits per heavy atom.